The molecule has 1 aromatic rings. The van der Waals surface area contributed by atoms with E-state index < -0.39 is 17.8 Å². The number of carbonyl (C=O) groups excluding carboxylic acids is 5. The summed E-state index contributed by atoms with van der Waals surface area (Å²) in [6.07, 6.45) is 2.00. The quantitative estimate of drug-likeness (QED) is 0.295. The minimum Gasteiger partial charge on any atom is -0.445 e. The predicted molar refractivity (Wildman–Crippen MR) is 114 cm³/mol. The first kappa shape index (κ1) is 25.8. The van der Waals surface area contributed by atoms with Gasteiger partial charge < -0.3 is 20.7 Å². The van der Waals surface area contributed by atoms with Crippen molar-refractivity contribution < 1.29 is 28.7 Å². The van der Waals surface area contributed by atoms with Gasteiger partial charge in [-0.3, -0.25) is 24.0 Å². The first-order valence-corrected chi connectivity index (χ1v) is 10.3. The molecule has 170 valence electrons. The molecule has 0 bridgehead atoms. The standard InChI is InChI=1S/C22H31N3O6/c1-3-20(28)23-13-19(27)11-7-10-18(12-17-8-5-4-6-9-17)22(30)24-14-21(29)25-15-31-16(2)26/h4-6,8-9,18H,3,7,10-15H2,1-2H3,(H,23,28)(H,24,30)(H,25,29). The Morgan fingerprint density at radius 3 is 2.29 bits per heavy atom. The highest BCUT2D eigenvalue weighted by Gasteiger charge is 2.20. The Balaban J connectivity index is 2.53. The number of benzene rings is 1. The zero-order valence-electron chi connectivity index (χ0n) is 18.1. The van der Waals surface area contributed by atoms with E-state index in [4.69, 9.17) is 0 Å². The molecule has 0 fully saturated rings. The summed E-state index contributed by atoms with van der Waals surface area (Å²) in [6.45, 7) is 2.43. The largest absolute Gasteiger partial charge is 0.445 e. The van der Waals surface area contributed by atoms with Crippen LogP contribution in [-0.4, -0.2) is 49.3 Å². The highest BCUT2D eigenvalue weighted by molar-refractivity contribution is 5.87. The highest BCUT2D eigenvalue weighted by atomic mass is 16.5. The lowest BCUT2D eigenvalue weighted by molar-refractivity contribution is -0.143. The third-order valence-electron chi connectivity index (χ3n) is 4.48. The van der Waals surface area contributed by atoms with E-state index in [0.717, 1.165) is 5.56 Å². The smallest absolute Gasteiger partial charge is 0.304 e. The van der Waals surface area contributed by atoms with Crippen LogP contribution in [0.15, 0.2) is 30.3 Å². The summed E-state index contributed by atoms with van der Waals surface area (Å²) in [7, 11) is 0. The summed E-state index contributed by atoms with van der Waals surface area (Å²) in [5.41, 5.74) is 0.975. The predicted octanol–water partition coefficient (Wildman–Crippen LogP) is 0.864. The van der Waals surface area contributed by atoms with Crippen LogP contribution in [0.2, 0.25) is 0 Å². The number of rotatable bonds is 14. The Labute approximate surface area is 182 Å². The molecule has 1 rings (SSSR count). The van der Waals surface area contributed by atoms with E-state index in [0.29, 0.717) is 25.7 Å². The molecule has 3 amide bonds. The fraction of sp³-hybridized carbons (Fsp3) is 0.500. The Kier molecular flexibility index (Phi) is 12.2. The fourth-order valence-electron chi connectivity index (χ4n) is 2.77. The van der Waals surface area contributed by atoms with Crippen LogP contribution in [0.5, 0.6) is 0 Å². The summed E-state index contributed by atoms with van der Waals surface area (Å²) < 4.78 is 4.62. The number of nitrogens with one attached hydrogen (secondary N) is 3. The normalized spacial score (nSPS) is 11.2. The van der Waals surface area contributed by atoms with Crippen molar-refractivity contribution in [1.29, 1.82) is 0 Å². The van der Waals surface area contributed by atoms with Crippen molar-refractivity contribution in [3.8, 4) is 0 Å². The third-order valence-corrected chi connectivity index (χ3v) is 4.48. The van der Waals surface area contributed by atoms with E-state index >= 15 is 0 Å². The van der Waals surface area contributed by atoms with Crippen LogP contribution in [0.25, 0.3) is 0 Å². The number of amides is 3. The van der Waals surface area contributed by atoms with E-state index in [2.05, 4.69) is 20.7 Å². The lowest BCUT2D eigenvalue weighted by Crippen LogP contribution is -2.41. The molecular weight excluding hydrogens is 402 g/mol. The molecule has 0 aromatic heterocycles. The summed E-state index contributed by atoms with van der Waals surface area (Å²) >= 11 is 0. The molecule has 1 aromatic carbocycles. The topological polar surface area (TPSA) is 131 Å². The maximum atomic E-state index is 12.6. The Morgan fingerprint density at radius 2 is 1.65 bits per heavy atom. The maximum absolute atomic E-state index is 12.6. The van der Waals surface area contributed by atoms with E-state index in [9.17, 15) is 24.0 Å². The van der Waals surface area contributed by atoms with Gasteiger partial charge in [-0.15, -0.1) is 0 Å². The van der Waals surface area contributed by atoms with Crippen molar-refractivity contribution in [1.82, 2.24) is 16.0 Å². The van der Waals surface area contributed by atoms with E-state index in [1.54, 1.807) is 6.92 Å². The second-order valence-electron chi connectivity index (χ2n) is 7.05. The molecule has 1 atom stereocenters. The van der Waals surface area contributed by atoms with Crippen molar-refractivity contribution in [2.75, 3.05) is 19.8 Å². The van der Waals surface area contributed by atoms with Gasteiger partial charge in [-0.05, 0) is 24.8 Å². The Morgan fingerprint density at radius 1 is 0.935 bits per heavy atom. The fourth-order valence-corrected chi connectivity index (χ4v) is 2.77. The first-order chi connectivity index (χ1) is 14.8. The van der Waals surface area contributed by atoms with Crippen LogP contribution in [0.1, 0.15) is 45.1 Å². The van der Waals surface area contributed by atoms with Gasteiger partial charge in [-0.1, -0.05) is 37.3 Å². The van der Waals surface area contributed by atoms with Crippen molar-refractivity contribution in [2.45, 2.75) is 46.0 Å². The summed E-state index contributed by atoms with van der Waals surface area (Å²) in [6, 6.07) is 9.48. The van der Waals surface area contributed by atoms with E-state index in [-0.39, 0.29) is 43.8 Å². The Hall–Kier alpha value is -3.23. The van der Waals surface area contributed by atoms with Crippen LogP contribution in [0.4, 0.5) is 0 Å². The molecule has 31 heavy (non-hydrogen) atoms. The lowest BCUT2D eigenvalue weighted by Gasteiger charge is -2.17. The van der Waals surface area contributed by atoms with Crippen LogP contribution < -0.4 is 16.0 Å². The van der Waals surface area contributed by atoms with Crippen molar-refractivity contribution in [2.24, 2.45) is 5.92 Å². The van der Waals surface area contributed by atoms with Crippen LogP contribution in [0.3, 0.4) is 0 Å². The molecule has 9 nitrogen and oxygen atoms in total. The molecule has 1 unspecified atom stereocenters. The van der Waals surface area contributed by atoms with Crippen LogP contribution >= 0.6 is 0 Å². The van der Waals surface area contributed by atoms with E-state index in [1.807, 2.05) is 30.3 Å². The molecule has 0 saturated carbocycles. The summed E-state index contributed by atoms with van der Waals surface area (Å²) in [5, 5.41) is 7.51. The van der Waals surface area contributed by atoms with Gasteiger partial charge in [0.25, 0.3) is 0 Å². The minimum atomic E-state index is -0.518. The zero-order valence-corrected chi connectivity index (χ0v) is 18.1. The van der Waals surface area contributed by atoms with Gasteiger partial charge in [0.2, 0.25) is 17.7 Å². The SMILES string of the molecule is CCC(=O)NCC(=O)CCCC(Cc1ccccc1)C(=O)NCC(=O)NCOC(C)=O. The first-order valence-electron chi connectivity index (χ1n) is 10.3. The molecule has 9 heteroatoms. The molecule has 0 radical (unpaired) electrons. The number of hydrogen-bond acceptors (Lipinski definition) is 6. The average Bonchev–Trinajstić information content (AvgIpc) is 2.75. The van der Waals surface area contributed by atoms with E-state index in [1.165, 1.54) is 6.92 Å². The lowest BCUT2D eigenvalue weighted by atomic mass is 9.92. The molecule has 0 aliphatic rings. The third kappa shape index (κ3) is 12.1. The number of ether oxygens (including phenoxy) is 1. The second kappa shape index (κ2) is 14.7. The monoisotopic (exact) mass is 433 g/mol. The zero-order chi connectivity index (χ0) is 23.1. The molecule has 0 aliphatic heterocycles. The molecule has 0 heterocycles. The van der Waals surface area contributed by atoms with Gasteiger partial charge in [-0.25, -0.2) is 0 Å². The minimum absolute atomic E-state index is 0.00920. The number of hydrogen-bond donors (Lipinski definition) is 3. The number of Topliss-reactive ketones (excluding diaryl/α,β-unsaturated/α-hetero) is 1. The number of carbonyl (C=O) groups is 5. The van der Waals surface area contributed by atoms with Crippen molar-refractivity contribution in [3.63, 3.8) is 0 Å². The highest BCUT2D eigenvalue weighted by Crippen LogP contribution is 2.16. The van der Waals surface area contributed by atoms with Gasteiger partial charge in [0, 0.05) is 25.7 Å². The number of esters is 1. The van der Waals surface area contributed by atoms with Gasteiger partial charge in [0.05, 0.1) is 13.1 Å². The van der Waals surface area contributed by atoms with Crippen molar-refractivity contribution >= 4 is 29.5 Å². The maximum Gasteiger partial charge on any atom is 0.304 e. The Bertz CT molecular complexity index is 751. The average molecular weight is 434 g/mol. The van der Waals surface area contributed by atoms with Crippen LogP contribution in [0, 0.1) is 5.92 Å². The van der Waals surface area contributed by atoms with Crippen LogP contribution in [-0.2, 0) is 35.1 Å². The van der Waals surface area contributed by atoms with Gasteiger partial charge in [-0.2, -0.15) is 0 Å². The molecule has 3 N–H and O–H groups in total. The molecule has 0 saturated heterocycles. The van der Waals surface area contributed by atoms with Gasteiger partial charge >= 0.3 is 5.97 Å². The molecule has 0 spiro atoms. The molecule has 0 aliphatic carbocycles. The number of ketones is 1. The van der Waals surface area contributed by atoms with Gasteiger partial charge in [0.1, 0.15) is 0 Å². The second-order valence-corrected chi connectivity index (χ2v) is 7.05. The molecular formula is C22H31N3O6. The summed E-state index contributed by atoms with van der Waals surface area (Å²) in [4.78, 5) is 58.3. The summed E-state index contributed by atoms with van der Waals surface area (Å²) in [5.74, 6) is -1.97. The van der Waals surface area contributed by atoms with Crippen molar-refractivity contribution in [3.05, 3.63) is 35.9 Å². The van der Waals surface area contributed by atoms with Gasteiger partial charge in [0.15, 0.2) is 12.5 Å².